The van der Waals surface area contributed by atoms with Gasteiger partial charge in [-0.1, -0.05) is 5.11 Å². The molecule has 0 radical (unpaired) electrons. The number of carbonyl (C=O) groups is 1. The topological polar surface area (TPSA) is 148 Å². The molecule has 0 aromatic rings. The minimum Gasteiger partial charge on any atom is -0.395 e. The van der Waals surface area contributed by atoms with Gasteiger partial charge in [0.25, 0.3) is 0 Å². The molecule has 1 saturated heterocycles. The van der Waals surface area contributed by atoms with E-state index in [-0.39, 0.29) is 19.6 Å². The summed E-state index contributed by atoms with van der Waals surface area (Å²) in [5, 5.41) is 30.5. The fraction of sp³-hybridized carbons (Fsp3) is 0.875. The zero-order valence-corrected chi connectivity index (χ0v) is 10.2. The van der Waals surface area contributed by atoms with Gasteiger partial charge in [-0.25, -0.2) is 5.48 Å². The predicted molar refractivity (Wildman–Crippen MR) is 62.1 cm³/mol. The Hall–Kier alpha value is -1.03. The van der Waals surface area contributed by atoms with Crippen LogP contribution in [-0.2, 0) is 9.63 Å². The van der Waals surface area contributed by atoms with Gasteiger partial charge in [0.15, 0.2) is 0 Å². The van der Waals surface area contributed by atoms with Crippen LogP contribution in [0, 0.1) is 0 Å². The number of hydrogen-bond acceptors (Lipinski definition) is 7. The van der Waals surface area contributed by atoms with Crippen LogP contribution in [-0.4, -0.2) is 57.3 Å². The first-order valence-corrected chi connectivity index (χ1v) is 6.10. The summed E-state index contributed by atoms with van der Waals surface area (Å²) in [6.07, 6.45) is -1.94. The van der Waals surface area contributed by atoms with Crippen molar-refractivity contribution in [2.45, 2.75) is 29.3 Å². The number of amides is 1. The Labute approximate surface area is 107 Å². The number of thioether (sulfide) groups is 1. The van der Waals surface area contributed by atoms with Crippen molar-refractivity contribution < 1.29 is 25.0 Å². The Morgan fingerprint density at radius 3 is 2.94 bits per heavy atom. The third-order valence-electron chi connectivity index (χ3n) is 2.30. The Morgan fingerprint density at radius 2 is 2.33 bits per heavy atom. The lowest BCUT2D eigenvalue weighted by Crippen LogP contribution is -2.46. The minimum atomic E-state index is -1.03. The SMILES string of the molecule is [N-]=[N+]=NCC(=O)NO[C@@H]1C[C@@H](O)[C@H](O)[C@H](CO)S1. The van der Waals surface area contributed by atoms with Gasteiger partial charge < -0.3 is 15.3 Å². The Kier molecular flexibility index (Phi) is 6.19. The van der Waals surface area contributed by atoms with Gasteiger partial charge in [-0.15, -0.1) is 11.8 Å². The molecule has 0 aromatic carbocycles. The monoisotopic (exact) mass is 278 g/mol. The van der Waals surface area contributed by atoms with Crippen LogP contribution in [0.4, 0.5) is 0 Å². The highest BCUT2D eigenvalue weighted by atomic mass is 32.2. The number of azide groups is 1. The Bertz CT molecular complexity index is 337. The molecule has 1 fully saturated rings. The largest absolute Gasteiger partial charge is 0.395 e. The van der Waals surface area contributed by atoms with Gasteiger partial charge in [0.1, 0.15) is 12.0 Å². The number of carbonyl (C=O) groups excluding carboxylic acids is 1. The zero-order chi connectivity index (χ0) is 13.5. The lowest BCUT2D eigenvalue weighted by atomic mass is 10.1. The van der Waals surface area contributed by atoms with Crippen LogP contribution in [0.5, 0.6) is 0 Å². The molecule has 0 saturated carbocycles. The molecule has 10 heteroatoms. The van der Waals surface area contributed by atoms with Crippen LogP contribution in [0.3, 0.4) is 0 Å². The highest BCUT2D eigenvalue weighted by Crippen LogP contribution is 2.32. The van der Waals surface area contributed by atoms with Crippen molar-refractivity contribution in [3.63, 3.8) is 0 Å². The summed E-state index contributed by atoms with van der Waals surface area (Å²) in [7, 11) is 0. The van der Waals surface area contributed by atoms with E-state index in [1.807, 2.05) is 0 Å². The maximum absolute atomic E-state index is 11.1. The molecular weight excluding hydrogens is 264 g/mol. The number of aliphatic hydroxyl groups is 3. The van der Waals surface area contributed by atoms with E-state index in [1.54, 1.807) is 0 Å². The summed E-state index contributed by atoms with van der Waals surface area (Å²) in [4.78, 5) is 18.5. The fourth-order valence-electron chi connectivity index (χ4n) is 1.40. The van der Waals surface area contributed by atoms with E-state index in [1.165, 1.54) is 0 Å². The van der Waals surface area contributed by atoms with Gasteiger partial charge in [-0.05, 0) is 5.53 Å². The van der Waals surface area contributed by atoms with E-state index in [4.69, 9.17) is 15.5 Å². The lowest BCUT2D eigenvalue weighted by molar-refractivity contribution is -0.135. The van der Waals surface area contributed by atoms with Gasteiger partial charge in [0.2, 0.25) is 5.91 Å². The predicted octanol–water partition coefficient (Wildman–Crippen LogP) is -1.11. The molecule has 9 nitrogen and oxygen atoms in total. The van der Waals surface area contributed by atoms with Crippen LogP contribution in [0.1, 0.15) is 6.42 Å². The Morgan fingerprint density at radius 1 is 1.61 bits per heavy atom. The van der Waals surface area contributed by atoms with Crippen molar-refractivity contribution >= 4 is 17.7 Å². The summed E-state index contributed by atoms with van der Waals surface area (Å²) in [5.41, 5.74) is 9.49. The molecule has 1 aliphatic rings. The first-order valence-electron chi connectivity index (χ1n) is 5.16. The molecule has 1 aliphatic heterocycles. The summed E-state index contributed by atoms with van der Waals surface area (Å²) in [6, 6.07) is 0. The number of hydrogen-bond donors (Lipinski definition) is 4. The van der Waals surface area contributed by atoms with E-state index in [9.17, 15) is 15.0 Å². The van der Waals surface area contributed by atoms with Crippen LogP contribution in [0.2, 0.25) is 0 Å². The highest BCUT2D eigenvalue weighted by molar-refractivity contribution is 8.00. The third-order valence-corrected chi connectivity index (χ3v) is 3.67. The standard InChI is InChI=1S/C8H14N4O5S/c9-12-10-2-6(15)11-17-7-1-4(14)8(16)5(3-13)18-7/h4-5,7-8,13-14,16H,1-3H2,(H,11,15)/t4-,5+,7+,8+/m1/s1. The first-order chi connectivity index (χ1) is 8.58. The second-order valence-electron chi connectivity index (χ2n) is 3.61. The van der Waals surface area contributed by atoms with Crippen molar-refractivity contribution in [2.75, 3.05) is 13.2 Å². The van der Waals surface area contributed by atoms with E-state index < -0.39 is 28.8 Å². The zero-order valence-electron chi connectivity index (χ0n) is 9.34. The number of nitrogens with one attached hydrogen (secondary N) is 1. The van der Waals surface area contributed by atoms with Crippen LogP contribution in [0.25, 0.3) is 10.4 Å². The second-order valence-corrected chi connectivity index (χ2v) is 5.02. The van der Waals surface area contributed by atoms with E-state index in [0.29, 0.717) is 0 Å². The number of aliphatic hydroxyl groups excluding tert-OH is 3. The van der Waals surface area contributed by atoms with Crippen molar-refractivity contribution in [3.8, 4) is 0 Å². The quantitative estimate of drug-likeness (QED) is 0.217. The van der Waals surface area contributed by atoms with Gasteiger partial charge >= 0.3 is 0 Å². The molecule has 102 valence electrons. The first kappa shape index (κ1) is 15.0. The minimum absolute atomic E-state index is 0.115. The van der Waals surface area contributed by atoms with Crippen molar-refractivity contribution in [3.05, 3.63) is 10.4 Å². The highest BCUT2D eigenvalue weighted by Gasteiger charge is 2.37. The molecule has 0 unspecified atom stereocenters. The molecule has 0 spiro atoms. The number of nitrogens with zero attached hydrogens (tertiary/aromatic N) is 3. The summed E-state index contributed by atoms with van der Waals surface area (Å²) in [5.74, 6) is -0.616. The molecule has 1 heterocycles. The molecule has 4 atom stereocenters. The van der Waals surface area contributed by atoms with Crippen LogP contribution >= 0.6 is 11.8 Å². The summed E-state index contributed by atoms with van der Waals surface area (Å²) in [6.45, 7) is -0.697. The normalized spacial score (nSPS) is 31.5. The second kappa shape index (κ2) is 7.41. The van der Waals surface area contributed by atoms with E-state index >= 15 is 0 Å². The average molecular weight is 278 g/mol. The molecule has 18 heavy (non-hydrogen) atoms. The molecule has 1 rings (SSSR count). The molecule has 1 amide bonds. The fourth-order valence-corrected chi connectivity index (χ4v) is 2.63. The lowest BCUT2D eigenvalue weighted by Gasteiger charge is -2.34. The van der Waals surface area contributed by atoms with E-state index in [2.05, 4.69) is 15.5 Å². The molecule has 4 N–H and O–H groups in total. The van der Waals surface area contributed by atoms with Gasteiger partial charge in [0, 0.05) is 11.3 Å². The molecule has 0 bridgehead atoms. The molecular formula is C8H14N4O5S. The smallest absolute Gasteiger partial charge is 0.249 e. The van der Waals surface area contributed by atoms with Crippen molar-refractivity contribution in [2.24, 2.45) is 5.11 Å². The van der Waals surface area contributed by atoms with Gasteiger partial charge in [0.05, 0.1) is 24.1 Å². The number of hydroxylamine groups is 1. The summed E-state index contributed by atoms with van der Waals surface area (Å²) >= 11 is 1.11. The van der Waals surface area contributed by atoms with Gasteiger partial charge in [-0.2, -0.15) is 0 Å². The summed E-state index contributed by atoms with van der Waals surface area (Å²) < 4.78 is 0. The van der Waals surface area contributed by atoms with Crippen molar-refractivity contribution in [1.82, 2.24) is 5.48 Å². The third kappa shape index (κ3) is 4.33. The Balaban J connectivity index is 2.38. The van der Waals surface area contributed by atoms with Crippen LogP contribution in [0.15, 0.2) is 5.11 Å². The molecule has 0 aromatic heterocycles. The number of rotatable bonds is 5. The van der Waals surface area contributed by atoms with Crippen molar-refractivity contribution in [1.29, 1.82) is 0 Å². The van der Waals surface area contributed by atoms with Crippen LogP contribution < -0.4 is 5.48 Å². The van der Waals surface area contributed by atoms with E-state index in [0.717, 1.165) is 11.8 Å². The average Bonchev–Trinajstić information content (AvgIpc) is 2.37. The maximum atomic E-state index is 11.1. The molecule has 0 aliphatic carbocycles. The maximum Gasteiger partial charge on any atom is 0.249 e. The van der Waals surface area contributed by atoms with Gasteiger partial charge in [-0.3, -0.25) is 9.63 Å².